The summed E-state index contributed by atoms with van der Waals surface area (Å²) in [7, 11) is 0. The van der Waals surface area contributed by atoms with E-state index in [1.165, 1.54) is 12.3 Å². The molecule has 0 fully saturated rings. The van der Waals surface area contributed by atoms with Gasteiger partial charge in [0, 0.05) is 48.4 Å². The van der Waals surface area contributed by atoms with Crippen molar-refractivity contribution in [3.63, 3.8) is 0 Å². The van der Waals surface area contributed by atoms with Gasteiger partial charge in [-0.1, -0.05) is 6.07 Å². The Kier molecular flexibility index (Phi) is 5.34. The van der Waals surface area contributed by atoms with Gasteiger partial charge < -0.3 is 10.1 Å². The van der Waals surface area contributed by atoms with Crippen LogP contribution < -0.4 is 10.1 Å². The van der Waals surface area contributed by atoms with Gasteiger partial charge in [-0.05, 0) is 42.8 Å². The molecule has 30 heavy (non-hydrogen) atoms. The Labute approximate surface area is 171 Å². The molecule has 0 aliphatic heterocycles. The number of amides is 1. The first-order valence-corrected chi connectivity index (χ1v) is 9.21. The molecule has 1 amide bonds. The van der Waals surface area contributed by atoms with Crippen LogP contribution in [0, 0.1) is 18.6 Å². The Balaban J connectivity index is 1.61. The average Bonchev–Trinajstić information content (AvgIpc) is 2.74. The molecular weight excluding hydrogens is 388 g/mol. The molecule has 7 heteroatoms. The molecule has 0 spiro atoms. The van der Waals surface area contributed by atoms with Gasteiger partial charge in [0.25, 0.3) is 5.91 Å². The maximum absolute atomic E-state index is 14.4. The molecule has 2 aromatic heterocycles. The number of aromatic nitrogens is 2. The van der Waals surface area contributed by atoms with Crippen LogP contribution in [0.5, 0.6) is 11.5 Å². The number of pyridine rings is 2. The molecule has 4 rings (SSSR count). The largest absolute Gasteiger partial charge is 0.456 e. The molecule has 2 heterocycles. The SMILES string of the molecule is Cc1c(Oc2ccnc3cc(F)cc(F)c23)cccc1C(=O)NCc1ccncc1. The topological polar surface area (TPSA) is 64.1 Å². The summed E-state index contributed by atoms with van der Waals surface area (Å²) in [5, 5.41) is 2.93. The minimum atomic E-state index is -0.767. The van der Waals surface area contributed by atoms with E-state index in [9.17, 15) is 13.6 Å². The zero-order valence-corrected chi connectivity index (χ0v) is 16.0. The van der Waals surface area contributed by atoms with E-state index in [1.807, 2.05) is 12.1 Å². The number of halogens is 2. The molecule has 0 radical (unpaired) electrons. The van der Waals surface area contributed by atoms with E-state index in [1.54, 1.807) is 37.5 Å². The number of hydrogen-bond donors (Lipinski definition) is 1. The summed E-state index contributed by atoms with van der Waals surface area (Å²) in [6.45, 7) is 2.10. The molecule has 4 aromatic rings. The average molecular weight is 405 g/mol. The Morgan fingerprint density at radius 3 is 2.63 bits per heavy atom. The summed E-state index contributed by atoms with van der Waals surface area (Å²) in [5.41, 5.74) is 2.10. The van der Waals surface area contributed by atoms with Gasteiger partial charge in [0.2, 0.25) is 0 Å². The summed E-state index contributed by atoms with van der Waals surface area (Å²) < 4.78 is 33.7. The van der Waals surface area contributed by atoms with Crippen LogP contribution in [0.3, 0.4) is 0 Å². The second kappa shape index (κ2) is 8.24. The molecule has 0 aliphatic carbocycles. The highest BCUT2D eigenvalue weighted by Gasteiger charge is 2.16. The van der Waals surface area contributed by atoms with Crippen LogP contribution in [0.15, 0.2) is 67.1 Å². The molecule has 0 unspecified atom stereocenters. The van der Waals surface area contributed by atoms with E-state index in [2.05, 4.69) is 15.3 Å². The lowest BCUT2D eigenvalue weighted by Gasteiger charge is -2.14. The number of carbonyl (C=O) groups excluding carboxylic acids is 1. The lowest BCUT2D eigenvalue weighted by molar-refractivity contribution is 0.0950. The molecule has 0 saturated heterocycles. The van der Waals surface area contributed by atoms with Crippen molar-refractivity contribution in [1.29, 1.82) is 0 Å². The van der Waals surface area contributed by atoms with Crippen LogP contribution in [0.2, 0.25) is 0 Å². The third-order valence-electron chi connectivity index (χ3n) is 4.67. The van der Waals surface area contributed by atoms with Crippen LogP contribution in [-0.4, -0.2) is 15.9 Å². The summed E-state index contributed by atoms with van der Waals surface area (Å²) in [6.07, 6.45) is 4.73. The molecule has 2 aromatic carbocycles. The number of hydrogen-bond acceptors (Lipinski definition) is 4. The van der Waals surface area contributed by atoms with Gasteiger partial charge in [0.1, 0.15) is 23.1 Å². The zero-order valence-electron chi connectivity index (χ0n) is 16.0. The Hall–Kier alpha value is -3.87. The van der Waals surface area contributed by atoms with Crippen molar-refractivity contribution >= 4 is 16.8 Å². The molecule has 150 valence electrons. The molecule has 0 saturated carbocycles. The first-order chi connectivity index (χ1) is 14.5. The van der Waals surface area contributed by atoms with Gasteiger partial charge >= 0.3 is 0 Å². The van der Waals surface area contributed by atoms with E-state index in [0.717, 1.165) is 17.7 Å². The number of nitrogens with zero attached hydrogens (tertiary/aromatic N) is 2. The fraction of sp³-hybridized carbons (Fsp3) is 0.0870. The summed E-state index contributed by atoms with van der Waals surface area (Å²) in [5.74, 6) is -1.16. The van der Waals surface area contributed by atoms with Gasteiger partial charge in [-0.3, -0.25) is 14.8 Å². The number of fused-ring (bicyclic) bond motifs is 1. The van der Waals surface area contributed by atoms with Gasteiger partial charge in [0.15, 0.2) is 0 Å². The van der Waals surface area contributed by atoms with Crippen molar-refractivity contribution in [2.45, 2.75) is 13.5 Å². The second-order valence-corrected chi connectivity index (χ2v) is 6.66. The number of nitrogens with one attached hydrogen (secondary N) is 1. The number of carbonyl (C=O) groups is 1. The van der Waals surface area contributed by atoms with Gasteiger partial charge in [0.05, 0.1) is 10.9 Å². The van der Waals surface area contributed by atoms with Crippen molar-refractivity contribution < 1.29 is 18.3 Å². The summed E-state index contributed by atoms with van der Waals surface area (Å²) >= 11 is 0. The van der Waals surface area contributed by atoms with Crippen molar-refractivity contribution in [2.75, 3.05) is 0 Å². The lowest BCUT2D eigenvalue weighted by atomic mass is 10.1. The first kappa shape index (κ1) is 19.4. The molecule has 1 N–H and O–H groups in total. The van der Waals surface area contributed by atoms with Crippen LogP contribution in [-0.2, 0) is 6.54 Å². The smallest absolute Gasteiger partial charge is 0.251 e. The molecule has 0 atom stereocenters. The molecule has 0 bridgehead atoms. The Morgan fingerprint density at radius 2 is 1.83 bits per heavy atom. The third kappa shape index (κ3) is 3.96. The highest BCUT2D eigenvalue weighted by molar-refractivity contribution is 5.96. The quantitative estimate of drug-likeness (QED) is 0.511. The highest BCUT2D eigenvalue weighted by atomic mass is 19.1. The summed E-state index contributed by atoms with van der Waals surface area (Å²) in [6, 6.07) is 12.1. The lowest BCUT2D eigenvalue weighted by Crippen LogP contribution is -2.23. The first-order valence-electron chi connectivity index (χ1n) is 9.21. The van der Waals surface area contributed by atoms with Crippen LogP contribution in [0.4, 0.5) is 8.78 Å². The fourth-order valence-electron chi connectivity index (χ4n) is 3.13. The van der Waals surface area contributed by atoms with Crippen molar-refractivity contribution in [2.24, 2.45) is 0 Å². The van der Waals surface area contributed by atoms with E-state index in [4.69, 9.17) is 4.74 Å². The molecule has 5 nitrogen and oxygen atoms in total. The second-order valence-electron chi connectivity index (χ2n) is 6.66. The minimum Gasteiger partial charge on any atom is -0.456 e. The Bertz CT molecular complexity index is 1230. The van der Waals surface area contributed by atoms with E-state index in [0.29, 0.717) is 23.4 Å². The molecule has 0 aliphatic rings. The van der Waals surface area contributed by atoms with Crippen LogP contribution in [0.25, 0.3) is 10.9 Å². The van der Waals surface area contributed by atoms with Gasteiger partial charge in [-0.25, -0.2) is 8.78 Å². The van der Waals surface area contributed by atoms with Crippen LogP contribution >= 0.6 is 0 Å². The Morgan fingerprint density at radius 1 is 1.03 bits per heavy atom. The number of benzene rings is 2. The van der Waals surface area contributed by atoms with Crippen molar-refractivity contribution in [3.05, 3.63) is 95.4 Å². The van der Waals surface area contributed by atoms with Crippen molar-refractivity contribution in [1.82, 2.24) is 15.3 Å². The summed E-state index contributed by atoms with van der Waals surface area (Å²) in [4.78, 5) is 20.6. The van der Waals surface area contributed by atoms with E-state index in [-0.39, 0.29) is 22.6 Å². The predicted octanol–water partition coefficient (Wildman–Crippen LogP) is 4.94. The van der Waals surface area contributed by atoms with Gasteiger partial charge in [-0.2, -0.15) is 0 Å². The third-order valence-corrected chi connectivity index (χ3v) is 4.67. The monoisotopic (exact) mass is 405 g/mol. The standard InChI is InChI=1S/C23H17F2N3O2/c1-14-17(23(29)28-13-15-5-8-26-9-6-15)3-2-4-20(14)30-21-7-10-27-19-12-16(24)11-18(25)22(19)21/h2-12H,13H2,1H3,(H,28,29). The minimum absolute atomic E-state index is 0.0749. The van der Waals surface area contributed by atoms with E-state index >= 15 is 0 Å². The number of ether oxygens (including phenoxy) is 1. The maximum atomic E-state index is 14.4. The van der Waals surface area contributed by atoms with E-state index < -0.39 is 11.6 Å². The zero-order chi connectivity index (χ0) is 21.1. The van der Waals surface area contributed by atoms with Crippen molar-refractivity contribution in [3.8, 4) is 11.5 Å². The predicted molar refractivity (Wildman–Crippen MR) is 108 cm³/mol. The highest BCUT2D eigenvalue weighted by Crippen LogP contribution is 2.33. The normalized spacial score (nSPS) is 10.8. The fourth-order valence-corrected chi connectivity index (χ4v) is 3.13. The maximum Gasteiger partial charge on any atom is 0.251 e. The van der Waals surface area contributed by atoms with Gasteiger partial charge in [-0.15, -0.1) is 0 Å². The van der Waals surface area contributed by atoms with Crippen LogP contribution in [0.1, 0.15) is 21.5 Å². The number of rotatable bonds is 5. The molecular formula is C23H17F2N3O2.